The van der Waals surface area contributed by atoms with E-state index in [9.17, 15) is 4.21 Å². The maximum absolute atomic E-state index is 12.8. The van der Waals surface area contributed by atoms with E-state index in [-0.39, 0.29) is 0 Å². The number of terminal acetylenes is 1. The lowest BCUT2D eigenvalue weighted by Gasteiger charge is -2.29. The average molecular weight is 261 g/mol. The Morgan fingerprint density at radius 1 is 1.22 bits per heavy atom. The summed E-state index contributed by atoms with van der Waals surface area (Å²) in [7, 11) is -2.40. The standard InChI is InChI=1S/C15H19NOS/c1-3-15(12-8-5-9-13-15)16-18(2,17)14-10-6-4-7-11-14/h1,4,6-7,10-11H,5,8-9,12-13H2,2H3. The van der Waals surface area contributed by atoms with Crippen molar-refractivity contribution < 1.29 is 4.21 Å². The van der Waals surface area contributed by atoms with Crippen molar-refractivity contribution in [1.29, 1.82) is 0 Å². The molecule has 1 saturated carbocycles. The zero-order valence-electron chi connectivity index (χ0n) is 10.8. The van der Waals surface area contributed by atoms with Crippen molar-refractivity contribution >= 4 is 9.73 Å². The van der Waals surface area contributed by atoms with Gasteiger partial charge in [-0.1, -0.05) is 43.4 Å². The van der Waals surface area contributed by atoms with Crippen LogP contribution in [0.3, 0.4) is 0 Å². The summed E-state index contributed by atoms with van der Waals surface area (Å²) in [5.74, 6) is 2.80. The second-order valence-electron chi connectivity index (χ2n) is 4.94. The fourth-order valence-electron chi connectivity index (χ4n) is 2.46. The van der Waals surface area contributed by atoms with Crippen LogP contribution < -0.4 is 0 Å². The van der Waals surface area contributed by atoms with Gasteiger partial charge in [0.25, 0.3) is 0 Å². The monoisotopic (exact) mass is 261 g/mol. The van der Waals surface area contributed by atoms with E-state index >= 15 is 0 Å². The highest BCUT2D eigenvalue weighted by Gasteiger charge is 2.31. The van der Waals surface area contributed by atoms with Crippen LogP contribution in [-0.4, -0.2) is 16.0 Å². The largest absolute Gasteiger partial charge is 0.245 e. The zero-order chi connectivity index (χ0) is 13.1. The molecule has 1 aromatic rings. The molecule has 0 bridgehead atoms. The van der Waals surface area contributed by atoms with E-state index in [0.29, 0.717) is 0 Å². The van der Waals surface area contributed by atoms with E-state index in [4.69, 9.17) is 6.42 Å². The average Bonchev–Trinajstić information content (AvgIpc) is 2.40. The molecule has 0 aliphatic heterocycles. The molecule has 0 radical (unpaired) electrons. The molecule has 1 unspecified atom stereocenters. The summed E-state index contributed by atoms with van der Waals surface area (Å²) >= 11 is 0. The first-order chi connectivity index (χ1) is 8.58. The summed E-state index contributed by atoms with van der Waals surface area (Å²) in [6.07, 6.45) is 12.4. The Hall–Kier alpha value is -1.27. The predicted molar refractivity (Wildman–Crippen MR) is 75.9 cm³/mol. The molecule has 0 N–H and O–H groups in total. The van der Waals surface area contributed by atoms with E-state index in [1.165, 1.54) is 6.42 Å². The van der Waals surface area contributed by atoms with E-state index in [0.717, 1.165) is 30.6 Å². The van der Waals surface area contributed by atoms with Gasteiger partial charge in [0.15, 0.2) is 0 Å². The number of nitrogens with zero attached hydrogens (tertiary/aromatic N) is 1. The Bertz CT molecular complexity index is 556. The fraction of sp³-hybridized carbons (Fsp3) is 0.467. The van der Waals surface area contributed by atoms with Crippen LogP contribution in [0.25, 0.3) is 0 Å². The second-order valence-corrected chi connectivity index (χ2v) is 7.20. The van der Waals surface area contributed by atoms with Crippen molar-refractivity contribution in [2.75, 3.05) is 6.26 Å². The van der Waals surface area contributed by atoms with E-state index in [2.05, 4.69) is 10.3 Å². The first-order valence-electron chi connectivity index (χ1n) is 6.34. The Morgan fingerprint density at radius 2 is 1.83 bits per heavy atom. The Kier molecular flexibility index (Phi) is 3.77. The first kappa shape index (κ1) is 13.2. The highest BCUT2D eigenvalue weighted by Crippen LogP contribution is 2.33. The Labute approximate surface area is 110 Å². The fourth-order valence-corrected chi connectivity index (χ4v) is 4.13. The molecule has 1 fully saturated rings. The molecule has 1 aromatic carbocycles. The van der Waals surface area contributed by atoms with Gasteiger partial charge in [0.1, 0.15) is 5.54 Å². The van der Waals surface area contributed by atoms with Crippen molar-refractivity contribution in [2.45, 2.75) is 42.5 Å². The molecule has 1 aliphatic rings. The molecule has 0 spiro atoms. The van der Waals surface area contributed by atoms with Gasteiger partial charge in [0.2, 0.25) is 0 Å². The minimum absolute atomic E-state index is 0.514. The molecule has 1 atom stereocenters. The normalized spacial score (nSPS) is 21.6. The minimum Gasteiger partial charge on any atom is -0.245 e. The highest BCUT2D eigenvalue weighted by molar-refractivity contribution is 7.93. The van der Waals surface area contributed by atoms with Gasteiger partial charge in [0, 0.05) is 11.2 Å². The van der Waals surface area contributed by atoms with Gasteiger partial charge < -0.3 is 0 Å². The van der Waals surface area contributed by atoms with Crippen LogP contribution in [0.4, 0.5) is 0 Å². The lowest BCUT2D eigenvalue weighted by molar-refractivity contribution is 0.375. The molecular weight excluding hydrogens is 242 g/mol. The number of benzene rings is 1. The molecular formula is C15H19NOS. The van der Waals surface area contributed by atoms with Crippen LogP contribution in [0.15, 0.2) is 39.6 Å². The van der Waals surface area contributed by atoms with Crippen LogP contribution in [0.1, 0.15) is 32.1 Å². The Balaban J connectivity index is 2.43. The van der Waals surface area contributed by atoms with Gasteiger partial charge in [-0.15, -0.1) is 6.42 Å². The van der Waals surface area contributed by atoms with E-state index in [1.54, 1.807) is 6.26 Å². The van der Waals surface area contributed by atoms with Crippen molar-refractivity contribution in [3.05, 3.63) is 30.3 Å². The maximum Gasteiger partial charge on any atom is 0.130 e. The topological polar surface area (TPSA) is 29.4 Å². The van der Waals surface area contributed by atoms with Crippen molar-refractivity contribution in [3.8, 4) is 12.3 Å². The summed E-state index contributed by atoms with van der Waals surface area (Å²) < 4.78 is 17.3. The number of rotatable bonds is 2. The molecule has 96 valence electrons. The number of hydrogen-bond acceptors (Lipinski definition) is 2. The zero-order valence-corrected chi connectivity index (χ0v) is 11.6. The summed E-state index contributed by atoms with van der Waals surface area (Å²) in [5.41, 5.74) is -0.514. The lowest BCUT2D eigenvalue weighted by atomic mass is 9.83. The number of hydrogen-bond donors (Lipinski definition) is 0. The molecule has 18 heavy (non-hydrogen) atoms. The van der Waals surface area contributed by atoms with Gasteiger partial charge in [-0.05, 0) is 25.0 Å². The van der Waals surface area contributed by atoms with E-state index < -0.39 is 15.3 Å². The molecule has 0 amide bonds. The SMILES string of the molecule is C#CC1(N=S(C)(=O)c2ccccc2)CCCCC1. The van der Waals surface area contributed by atoms with Crippen LogP contribution >= 0.6 is 0 Å². The van der Waals surface area contributed by atoms with Crippen LogP contribution in [-0.2, 0) is 9.73 Å². The smallest absolute Gasteiger partial charge is 0.130 e. The molecule has 2 rings (SSSR count). The van der Waals surface area contributed by atoms with Gasteiger partial charge in [-0.2, -0.15) is 0 Å². The van der Waals surface area contributed by atoms with Crippen molar-refractivity contribution in [3.63, 3.8) is 0 Å². The van der Waals surface area contributed by atoms with Crippen molar-refractivity contribution in [1.82, 2.24) is 0 Å². The molecule has 0 aromatic heterocycles. The first-order valence-corrected chi connectivity index (χ1v) is 8.26. The van der Waals surface area contributed by atoms with E-state index in [1.807, 2.05) is 30.3 Å². The Morgan fingerprint density at radius 3 is 2.39 bits per heavy atom. The third-order valence-electron chi connectivity index (χ3n) is 3.48. The van der Waals surface area contributed by atoms with Crippen LogP contribution in [0.2, 0.25) is 0 Å². The van der Waals surface area contributed by atoms with Gasteiger partial charge in [-0.25, -0.2) is 8.57 Å². The summed E-state index contributed by atoms with van der Waals surface area (Å²) in [4.78, 5) is 0.769. The lowest BCUT2D eigenvalue weighted by Crippen LogP contribution is -2.28. The molecule has 1 aliphatic carbocycles. The molecule has 3 heteroatoms. The summed E-state index contributed by atoms with van der Waals surface area (Å²) in [6.45, 7) is 0. The quantitative estimate of drug-likeness (QED) is 0.749. The van der Waals surface area contributed by atoms with Gasteiger partial charge >= 0.3 is 0 Å². The summed E-state index contributed by atoms with van der Waals surface area (Å²) in [5, 5.41) is 0. The maximum atomic E-state index is 12.8. The van der Waals surface area contributed by atoms with Gasteiger partial charge in [-0.3, -0.25) is 0 Å². The predicted octanol–water partition coefficient (Wildman–Crippen LogP) is 3.48. The molecule has 2 nitrogen and oxygen atoms in total. The molecule has 0 saturated heterocycles. The molecule has 0 heterocycles. The highest BCUT2D eigenvalue weighted by atomic mass is 32.2. The van der Waals surface area contributed by atoms with Gasteiger partial charge in [0.05, 0.1) is 9.73 Å². The minimum atomic E-state index is -2.40. The van der Waals surface area contributed by atoms with Crippen LogP contribution in [0.5, 0.6) is 0 Å². The van der Waals surface area contributed by atoms with Crippen molar-refractivity contribution in [2.24, 2.45) is 4.36 Å². The van der Waals surface area contributed by atoms with Crippen LogP contribution in [0, 0.1) is 12.3 Å². The summed E-state index contributed by atoms with van der Waals surface area (Å²) in [6, 6.07) is 9.41. The third kappa shape index (κ3) is 2.76. The second kappa shape index (κ2) is 5.16. The third-order valence-corrected chi connectivity index (χ3v) is 5.32.